The number of carbonyl (C=O) groups excluding carboxylic acids is 1. The van der Waals surface area contributed by atoms with Crippen molar-refractivity contribution in [2.24, 2.45) is 0 Å². The molecule has 0 saturated heterocycles. The van der Waals surface area contributed by atoms with Gasteiger partial charge in [0, 0.05) is 10.5 Å². The molecule has 1 heterocycles. The van der Waals surface area contributed by atoms with Crippen molar-refractivity contribution in [1.82, 2.24) is 10.2 Å². The molecule has 0 fully saturated rings. The Bertz CT molecular complexity index is 848. The average molecular weight is 357 g/mol. The molecule has 0 bridgehead atoms. The van der Waals surface area contributed by atoms with E-state index in [1.807, 2.05) is 12.1 Å². The SMILES string of the molecule is CCSc1ccc(Cc2nnc(NC(=O)c3ccc(F)cc3)o2)cc1. The molecule has 2 aromatic carbocycles. The van der Waals surface area contributed by atoms with Gasteiger partial charge in [-0.15, -0.1) is 16.9 Å². The van der Waals surface area contributed by atoms with E-state index >= 15 is 0 Å². The molecule has 0 saturated carbocycles. The number of halogens is 1. The Labute approximate surface area is 148 Å². The van der Waals surface area contributed by atoms with E-state index in [1.165, 1.54) is 29.2 Å². The fourth-order valence-electron chi connectivity index (χ4n) is 2.19. The second-order valence-corrected chi connectivity index (χ2v) is 6.55. The molecular weight excluding hydrogens is 341 g/mol. The maximum absolute atomic E-state index is 12.9. The maximum Gasteiger partial charge on any atom is 0.322 e. The van der Waals surface area contributed by atoms with Crippen LogP contribution >= 0.6 is 11.8 Å². The lowest BCUT2D eigenvalue weighted by atomic mass is 10.1. The van der Waals surface area contributed by atoms with E-state index in [0.717, 1.165) is 11.3 Å². The van der Waals surface area contributed by atoms with Crippen LogP contribution in [0.4, 0.5) is 10.4 Å². The zero-order valence-corrected chi connectivity index (χ0v) is 14.3. The van der Waals surface area contributed by atoms with E-state index < -0.39 is 11.7 Å². The zero-order valence-electron chi connectivity index (χ0n) is 13.5. The van der Waals surface area contributed by atoms with Crippen LogP contribution in [0.1, 0.15) is 28.7 Å². The Hall–Kier alpha value is -2.67. The van der Waals surface area contributed by atoms with Crippen LogP contribution in [-0.2, 0) is 6.42 Å². The van der Waals surface area contributed by atoms with Crippen molar-refractivity contribution in [3.8, 4) is 0 Å². The lowest BCUT2D eigenvalue weighted by Gasteiger charge is -2.01. The first-order valence-electron chi connectivity index (χ1n) is 7.75. The third-order valence-corrected chi connectivity index (χ3v) is 4.28. The summed E-state index contributed by atoms with van der Waals surface area (Å²) in [6, 6.07) is 13.4. The van der Waals surface area contributed by atoms with Gasteiger partial charge in [0.25, 0.3) is 5.91 Å². The highest BCUT2D eigenvalue weighted by Crippen LogP contribution is 2.19. The van der Waals surface area contributed by atoms with Crippen LogP contribution in [-0.4, -0.2) is 21.9 Å². The summed E-state index contributed by atoms with van der Waals surface area (Å²) in [6.07, 6.45) is 0.483. The summed E-state index contributed by atoms with van der Waals surface area (Å²) in [6.45, 7) is 2.11. The van der Waals surface area contributed by atoms with Gasteiger partial charge >= 0.3 is 6.01 Å². The number of benzene rings is 2. The van der Waals surface area contributed by atoms with Gasteiger partial charge in [0.1, 0.15) is 5.82 Å². The zero-order chi connectivity index (χ0) is 17.6. The molecule has 1 amide bonds. The summed E-state index contributed by atoms with van der Waals surface area (Å²) in [7, 11) is 0. The number of nitrogens with one attached hydrogen (secondary N) is 1. The third kappa shape index (κ3) is 4.67. The van der Waals surface area contributed by atoms with Gasteiger partial charge in [0.05, 0.1) is 6.42 Å². The molecule has 3 rings (SSSR count). The van der Waals surface area contributed by atoms with Gasteiger partial charge < -0.3 is 4.42 Å². The van der Waals surface area contributed by atoms with Gasteiger partial charge in [-0.2, -0.15) is 0 Å². The maximum atomic E-state index is 12.9. The van der Waals surface area contributed by atoms with Crippen LogP contribution in [0, 0.1) is 5.82 Å². The second-order valence-electron chi connectivity index (χ2n) is 5.22. The third-order valence-electron chi connectivity index (χ3n) is 3.38. The molecule has 0 spiro atoms. The Morgan fingerprint density at radius 1 is 1.12 bits per heavy atom. The van der Waals surface area contributed by atoms with E-state index in [1.54, 1.807) is 11.8 Å². The second kappa shape index (κ2) is 7.94. The van der Waals surface area contributed by atoms with Gasteiger partial charge in [-0.05, 0) is 47.7 Å². The van der Waals surface area contributed by atoms with E-state index in [0.29, 0.717) is 17.9 Å². The fraction of sp³-hybridized carbons (Fsp3) is 0.167. The Balaban J connectivity index is 1.62. The molecule has 0 unspecified atom stereocenters. The number of rotatable bonds is 6. The summed E-state index contributed by atoms with van der Waals surface area (Å²) >= 11 is 1.78. The predicted molar refractivity (Wildman–Crippen MR) is 94.3 cm³/mol. The highest BCUT2D eigenvalue weighted by atomic mass is 32.2. The van der Waals surface area contributed by atoms with Crippen LogP contribution in [0.3, 0.4) is 0 Å². The van der Waals surface area contributed by atoms with Crippen LogP contribution in [0.25, 0.3) is 0 Å². The topological polar surface area (TPSA) is 68.0 Å². The van der Waals surface area contributed by atoms with Crippen molar-refractivity contribution in [3.63, 3.8) is 0 Å². The molecule has 0 atom stereocenters. The monoisotopic (exact) mass is 357 g/mol. The first-order chi connectivity index (χ1) is 12.1. The molecule has 0 radical (unpaired) electrons. The largest absolute Gasteiger partial charge is 0.407 e. The number of hydrogen-bond donors (Lipinski definition) is 1. The molecule has 7 heteroatoms. The number of hydrogen-bond acceptors (Lipinski definition) is 5. The molecule has 0 aliphatic rings. The number of carbonyl (C=O) groups is 1. The lowest BCUT2D eigenvalue weighted by molar-refractivity contribution is 0.102. The highest BCUT2D eigenvalue weighted by molar-refractivity contribution is 7.99. The molecule has 128 valence electrons. The Morgan fingerprint density at radius 2 is 1.84 bits per heavy atom. The molecule has 25 heavy (non-hydrogen) atoms. The van der Waals surface area contributed by atoms with Crippen molar-refractivity contribution in [2.45, 2.75) is 18.2 Å². The van der Waals surface area contributed by atoms with Crippen molar-refractivity contribution in [3.05, 3.63) is 71.4 Å². The van der Waals surface area contributed by atoms with E-state index in [2.05, 4.69) is 34.6 Å². The minimum Gasteiger partial charge on any atom is -0.407 e. The van der Waals surface area contributed by atoms with Gasteiger partial charge in [-0.3, -0.25) is 10.1 Å². The molecule has 0 aliphatic heterocycles. The minimum atomic E-state index is -0.434. The lowest BCUT2D eigenvalue weighted by Crippen LogP contribution is -2.12. The summed E-state index contributed by atoms with van der Waals surface area (Å²) in [5, 5.41) is 10.3. The molecule has 3 aromatic rings. The summed E-state index contributed by atoms with van der Waals surface area (Å²) in [5.41, 5.74) is 1.35. The summed E-state index contributed by atoms with van der Waals surface area (Å²) < 4.78 is 18.3. The van der Waals surface area contributed by atoms with Gasteiger partial charge in [0.2, 0.25) is 5.89 Å². The first-order valence-corrected chi connectivity index (χ1v) is 8.73. The van der Waals surface area contributed by atoms with Crippen LogP contribution < -0.4 is 5.32 Å². The van der Waals surface area contributed by atoms with Gasteiger partial charge in [-0.25, -0.2) is 4.39 Å². The summed E-state index contributed by atoms with van der Waals surface area (Å²) in [5.74, 6) is 0.599. The molecule has 5 nitrogen and oxygen atoms in total. The number of aromatic nitrogens is 2. The predicted octanol–water partition coefficient (Wildman–Crippen LogP) is 4.16. The quantitative estimate of drug-likeness (QED) is 0.671. The first kappa shape index (κ1) is 17.2. The van der Waals surface area contributed by atoms with Crippen molar-refractivity contribution in [2.75, 3.05) is 11.1 Å². The van der Waals surface area contributed by atoms with Crippen molar-refractivity contribution < 1.29 is 13.6 Å². The van der Waals surface area contributed by atoms with Crippen LogP contribution in [0.15, 0.2) is 57.8 Å². The smallest absolute Gasteiger partial charge is 0.322 e. The van der Waals surface area contributed by atoms with E-state index in [4.69, 9.17) is 4.42 Å². The molecular formula is C18H16FN3O2S. The average Bonchev–Trinajstić information content (AvgIpc) is 3.04. The van der Waals surface area contributed by atoms with Gasteiger partial charge in [-0.1, -0.05) is 24.2 Å². The van der Waals surface area contributed by atoms with Gasteiger partial charge in [0.15, 0.2) is 0 Å². The highest BCUT2D eigenvalue weighted by Gasteiger charge is 2.12. The van der Waals surface area contributed by atoms with Crippen LogP contribution in [0.5, 0.6) is 0 Å². The number of thioether (sulfide) groups is 1. The van der Waals surface area contributed by atoms with Crippen molar-refractivity contribution >= 4 is 23.7 Å². The number of amides is 1. The van der Waals surface area contributed by atoms with Crippen LogP contribution in [0.2, 0.25) is 0 Å². The number of nitrogens with zero attached hydrogens (tertiary/aromatic N) is 2. The summed E-state index contributed by atoms with van der Waals surface area (Å²) in [4.78, 5) is 13.2. The van der Waals surface area contributed by atoms with E-state index in [-0.39, 0.29) is 6.01 Å². The minimum absolute atomic E-state index is 0.0162. The molecule has 1 N–H and O–H groups in total. The van der Waals surface area contributed by atoms with E-state index in [9.17, 15) is 9.18 Å². The normalized spacial score (nSPS) is 10.6. The van der Waals surface area contributed by atoms with Crippen molar-refractivity contribution in [1.29, 1.82) is 0 Å². The fourth-order valence-corrected chi connectivity index (χ4v) is 2.85. The molecule has 0 aliphatic carbocycles. The number of anilines is 1. The standard InChI is InChI=1S/C18H16FN3O2S/c1-2-25-15-9-3-12(4-10-15)11-16-21-22-18(24-16)20-17(23)13-5-7-14(19)8-6-13/h3-10H,2,11H2,1H3,(H,20,22,23). The Morgan fingerprint density at radius 3 is 2.52 bits per heavy atom. The molecule has 1 aromatic heterocycles. The Kier molecular flexibility index (Phi) is 5.45.